The molecular weight excluding hydrogens is 350 g/mol. The van der Waals surface area contributed by atoms with Crippen molar-refractivity contribution in [3.8, 4) is 22.8 Å². The molecule has 4 aromatic rings. The Labute approximate surface area is 164 Å². The second-order valence-electron chi connectivity index (χ2n) is 6.70. The minimum Gasteiger partial charge on any atom is -0.497 e. The lowest BCUT2D eigenvalue weighted by atomic mass is 10.1. The molecule has 0 saturated heterocycles. The zero-order valence-corrected chi connectivity index (χ0v) is 16.5. The molecule has 5 nitrogen and oxygen atoms in total. The van der Waals surface area contributed by atoms with Crippen molar-refractivity contribution >= 4 is 17.0 Å². The van der Waals surface area contributed by atoms with E-state index in [9.17, 15) is 0 Å². The molecule has 4 rings (SSSR count). The summed E-state index contributed by atoms with van der Waals surface area (Å²) < 4.78 is 12.9. The van der Waals surface area contributed by atoms with Crippen LogP contribution in [-0.4, -0.2) is 23.6 Å². The number of hydrogen-bond acceptors (Lipinski definition) is 4. The Morgan fingerprint density at radius 3 is 2.57 bits per heavy atom. The largest absolute Gasteiger partial charge is 0.497 e. The number of imidazole rings is 1. The van der Waals surface area contributed by atoms with Crippen molar-refractivity contribution < 1.29 is 9.47 Å². The third-order valence-electron chi connectivity index (χ3n) is 4.92. The summed E-state index contributed by atoms with van der Waals surface area (Å²) in [5.74, 6) is 1.67. The molecule has 1 N–H and O–H groups in total. The third kappa shape index (κ3) is 3.16. The first kappa shape index (κ1) is 17.9. The number of methoxy groups -OCH3 is 2. The summed E-state index contributed by atoms with van der Waals surface area (Å²) in [6.45, 7) is 4.11. The maximum absolute atomic E-state index is 5.44. The number of pyridine rings is 1. The monoisotopic (exact) mass is 373 g/mol. The second kappa shape index (κ2) is 7.27. The molecule has 0 bridgehead atoms. The molecule has 0 fully saturated rings. The third-order valence-corrected chi connectivity index (χ3v) is 4.92. The number of rotatable bonds is 5. The molecule has 0 unspecified atom stereocenters. The van der Waals surface area contributed by atoms with Gasteiger partial charge in [-0.3, -0.25) is 0 Å². The highest BCUT2D eigenvalue weighted by Gasteiger charge is 2.14. The van der Waals surface area contributed by atoms with E-state index >= 15 is 0 Å². The Bertz CT molecular complexity index is 1150. The van der Waals surface area contributed by atoms with E-state index in [0.29, 0.717) is 0 Å². The van der Waals surface area contributed by atoms with Gasteiger partial charge in [-0.2, -0.15) is 0 Å². The SMILES string of the molecule is COc1cccc(-c2nc3c(Nc4ccc(C)c(OC)c4)cccn3c2C)c1. The summed E-state index contributed by atoms with van der Waals surface area (Å²) in [6.07, 6.45) is 2.03. The molecule has 0 aliphatic rings. The standard InChI is InChI=1S/C23H23N3O2/c1-15-10-11-18(14-21(15)28-4)24-20-9-6-12-26-16(2)22(25-23(20)26)17-7-5-8-19(13-17)27-3/h5-14,24H,1-4H3. The molecule has 0 spiro atoms. The van der Waals surface area contributed by atoms with Crippen LogP contribution in [0.2, 0.25) is 0 Å². The number of aromatic nitrogens is 2. The van der Waals surface area contributed by atoms with Gasteiger partial charge in [-0.25, -0.2) is 4.98 Å². The van der Waals surface area contributed by atoms with Crippen molar-refractivity contribution in [2.24, 2.45) is 0 Å². The van der Waals surface area contributed by atoms with Gasteiger partial charge in [0.25, 0.3) is 0 Å². The number of nitrogens with zero attached hydrogens (tertiary/aromatic N) is 2. The molecule has 0 radical (unpaired) electrons. The van der Waals surface area contributed by atoms with Crippen molar-refractivity contribution in [2.75, 3.05) is 19.5 Å². The van der Waals surface area contributed by atoms with Gasteiger partial charge >= 0.3 is 0 Å². The van der Waals surface area contributed by atoms with E-state index in [1.165, 1.54) is 0 Å². The van der Waals surface area contributed by atoms with Crippen LogP contribution in [0.25, 0.3) is 16.9 Å². The maximum Gasteiger partial charge on any atom is 0.161 e. The fourth-order valence-electron chi connectivity index (χ4n) is 3.38. The van der Waals surface area contributed by atoms with Gasteiger partial charge in [-0.05, 0) is 49.7 Å². The summed E-state index contributed by atoms with van der Waals surface area (Å²) in [5.41, 5.74) is 6.91. The summed E-state index contributed by atoms with van der Waals surface area (Å²) >= 11 is 0. The van der Waals surface area contributed by atoms with Crippen molar-refractivity contribution in [2.45, 2.75) is 13.8 Å². The van der Waals surface area contributed by atoms with E-state index in [1.54, 1.807) is 14.2 Å². The number of aryl methyl sites for hydroxylation is 2. The minimum atomic E-state index is 0.819. The quantitative estimate of drug-likeness (QED) is 0.510. The number of ether oxygens (including phenoxy) is 2. The van der Waals surface area contributed by atoms with Gasteiger partial charge in [0.05, 0.1) is 25.6 Å². The van der Waals surface area contributed by atoms with Crippen LogP contribution in [0.5, 0.6) is 11.5 Å². The van der Waals surface area contributed by atoms with Gasteiger partial charge in [0, 0.05) is 29.2 Å². The average molecular weight is 373 g/mol. The predicted molar refractivity (Wildman–Crippen MR) is 113 cm³/mol. The molecule has 0 aliphatic carbocycles. The molecule has 2 heterocycles. The normalized spacial score (nSPS) is 10.9. The van der Waals surface area contributed by atoms with E-state index in [-0.39, 0.29) is 0 Å². The second-order valence-corrected chi connectivity index (χ2v) is 6.70. The van der Waals surface area contributed by atoms with Crippen LogP contribution in [0.15, 0.2) is 60.8 Å². The first-order valence-corrected chi connectivity index (χ1v) is 9.14. The lowest BCUT2D eigenvalue weighted by molar-refractivity contribution is 0.412. The van der Waals surface area contributed by atoms with Crippen LogP contribution in [0.1, 0.15) is 11.3 Å². The van der Waals surface area contributed by atoms with Gasteiger partial charge in [0.15, 0.2) is 5.65 Å². The van der Waals surface area contributed by atoms with Crippen LogP contribution in [0.4, 0.5) is 11.4 Å². The number of nitrogens with one attached hydrogen (secondary N) is 1. The van der Waals surface area contributed by atoms with Crippen LogP contribution in [-0.2, 0) is 0 Å². The van der Waals surface area contributed by atoms with Crippen molar-refractivity contribution in [3.05, 3.63) is 72.1 Å². The zero-order chi connectivity index (χ0) is 19.7. The van der Waals surface area contributed by atoms with E-state index in [1.807, 2.05) is 61.7 Å². The maximum atomic E-state index is 5.44. The number of fused-ring (bicyclic) bond motifs is 1. The topological polar surface area (TPSA) is 47.8 Å². The summed E-state index contributed by atoms with van der Waals surface area (Å²) in [5, 5.41) is 3.48. The van der Waals surface area contributed by atoms with E-state index in [4.69, 9.17) is 14.5 Å². The van der Waals surface area contributed by atoms with Crippen LogP contribution >= 0.6 is 0 Å². The molecule has 5 heteroatoms. The van der Waals surface area contributed by atoms with Crippen molar-refractivity contribution in [1.82, 2.24) is 9.38 Å². The smallest absolute Gasteiger partial charge is 0.161 e. The Balaban J connectivity index is 1.78. The van der Waals surface area contributed by atoms with Crippen LogP contribution in [0.3, 0.4) is 0 Å². The van der Waals surface area contributed by atoms with Gasteiger partial charge in [0.2, 0.25) is 0 Å². The highest BCUT2D eigenvalue weighted by atomic mass is 16.5. The van der Waals surface area contributed by atoms with Crippen molar-refractivity contribution in [3.63, 3.8) is 0 Å². The molecule has 2 aromatic carbocycles. The van der Waals surface area contributed by atoms with Gasteiger partial charge in [0.1, 0.15) is 11.5 Å². The zero-order valence-electron chi connectivity index (χ0n) is 16.5. The molecule has 142 valence electrons. The average Bonchev–Trinajstić information content (AvgIpc) is 3.07. The minimum absolute atomic E-state index is 0.819. The highest BCUT2D eigenvalue weighted by Crippen LogP contribution is 2.31. The molecule has 2 aromatic heterocycles. The molecule has 0 aliphatic heterocycles. The lowest BCUT2D eigenvalue weighted by Gasteiger charge is -2.11. The molecule has 0 saturated carbocycles. The highest BCUT2D eigenvalue weighted by molar-refractivity contribution is 5.78. The van der Waals surface area contributed by atoms with E-state index in [2.05, 4.69) is 22.7 Å². The lowest BCUT2D eigenvalue weighted by Crippen LogP contribution is -1.96. The molecule has 28 heavy (non-hydrogen) atoms. The first-order valence-electron chi connectivity index (χ1n) is 9.14. The number of hydrogen-bond donors (Lipinski definition) is 1. The Kier molecular flexibility index (Phi) is 4.65. The first-order chi connectivity index (χ1) is 13.6. The predicted octanol–water partition coefficient (Wildman–Crippen LogP) is 5.38. The Morgan fingerprint density at radius 2 is 1.79 bits per heavy atom. The Hall–Kier alpha value is -3.47. The van der Waals surface area contributed by atoms with E-state index in [0.717, 1.165) is 51.0 Å². The molecule has 0 amide bonds. The van der Waals surface area contributed by atoms with Crippen LogP contribution in [0, 0.1) is 13.8 Å². The number of benzene rings is 2. The molecule has 0 atom stereocenters. The van der Waals surface area contributed by atoms with Crippen LogP contribution < -0.4 is 14.8 Å². The summed E-state index contributed by atoms with van der Waals surface area (Å²) in [6, 6.07) is 18.1. The van der Waals surface area contributed by atoms with Gasteiger partial charge in [-0.15, -0.1) is 0 Å². The van der Waals surface area contributed by atoms with E-state index < -0.39 is 0 Å². The summed E-state index contributed by atoms with van der Waals surface area (Å²) in [4.78, 5) is 4.93. The fraction of sp³-hybridized carbons (Fsp3) is 0.174. The van der Waals surface area contributed by atoms with Crippen molar-refractivity contribution in [1.29, 1.82) is 0 Å². The molecular formula is C23H23N3O2. The fourth-order valence-corrected chi connectivity index (χ4v) is 3.38. The van der Waals surface area contributed by atoms with Gasteiger partial charge < -0.3 is 19.2 Å². The van der Waals surface area contributed by atoms with Gasteiger partial charge in [-0.1, -0.05) is 18.2 Å². The number of anilines is 2. The Morgan fingerprint density at radius 1 is 0.929 bits per heavy atom. The summed E-state index contributed by atoms with van der Waals surface area (Å²) in [7, 11) is 3.36.